The second kappa shape index (κ2) is 77.1. The van der Waals surface area contributed by atoms with Crippen LogP contribution in [0.5, 0.6) is 0 Å². The Morgan fingerprint density at radius 3 is 1.46 bits per heavy atom. The van der Waals surface area contributed by atoms with Crippen molar-refractivity contribution in [1.29, 1.82) is 0 Å². The molecule has 836 valence electrons. The number of likely N-dealkylation sites (N-methyl/N-ethyl adjacent to an activating group) is 2. The van der Waals surface area contributed by atoms with Crippen molar-refractivity contribution in [2.24, 2.45) is 35.5 Å². The number of likely N-dealkylation sites (tertiary alicyclic amines) is 2. The molecule has 10 unspecified atom stereocenters. The Balaban J connectivity index is 0.00000123. The van der Waals surface area contributed by atoms with Gasteiger partial charge in [-0.25, -0.2) is 4.79 Å². The van der Waals surface area contributed by atoms with E-state index in [-0.39, 0.29) is 219 Å². The number of aliphatic hydroxyl groups is 5. The molecule has 3 aliphatic rings. The minimum absolute atomic E-state index is 0.00787. The molecule has 19 atom stereocenters. The van der Waals surface area contributed by atoms with E-state index in [4.69, 9.17) is 86.7 Å². The van der Waals surface area contributed by atoms with Crippen LogP contribution in [-0.2, 0) is 140 Å². The van der Waals surface area contributed by atoms with Crippen LogP contribution in [0.1, 0.15) is 230 Å². The number of nitrogens with zero attached hydrogens (tertiary/aromatic N) is 4. The molecule has 44 heteroatoms. The van der Waals surface area contributed by atoms with Crippen LogP contribution in [-0.4, -0.2) is 392 Å². The zero-order valence-corrected chi connectivity index (χ0v) is 90.7. The highest BCUT2D eigenvalue weighted by Crippen LogP contribution is 2.34. The number of carboxylic acid groups (broad SMARTS) is 1. The smallest absolute Gasteiger partial charge is 0.329 e. The molecular formula is C101H177N9O34S. The second-order valence-electron chi connectivity index (χ2n) is 37.1. The molecule has 2 aliphatic heterocycles. The number of carbonyl (C=O) groups excluding carboxylic acids is 13. The summed E-state index contributed by atoms with van der Waals surface area (Å²) in [5, 5.41) is 67.0. The van der Waals surface area contributed by atoms with Crippen LogP contribution in [0.3, 0.4) is 0 Å². The third-order valence-corrected chi connectivity index (χ3v) is 26.5. The van der Waals surface area contributed by atoms with Crippen LogP contribution in [0.4, 0.5) is 0 Å². The van der Waals surface area contributed by atoms with Crippen LogP contribution < -0.4 is 26.6 Å². The topological polar surface area (TPSA) is 563 Å². The Morgan fingerprint density at radius 1 is 0.552 bits per heavy atom. The van der Waals surface area contributed by atoms with Gasteiger partial charge in [0.2, 0.25) is 53.2 Å². The number of carbonyl (C=O) groups is 14. The standard InChI is InChI=1S/C55H94N6O14.C27H45N3O9S.C12H22O7.C7H16O4/c1-16-36(7)50(60(12)54(68)48(34(3)4)58-53(67)49(35(5)6)59(10)11)43(70-13)30-45(64)61-28-22-25-42(61)51(72-15)38(9)52(66)57-41(29-39-23-19-18-20-24-39)55(69)74-37(8)31-56-44(63)26-21-27-46(65)73-33-47(71-14)75-40(17-2)32-62;1-4-20(16-31)39-25(37-3)17-38-24(34)7-5-6-22(32)29-12-13-40-21-14-23(33)30(27(21)36)15-18-8-10-19(11-9-18)26(35)28-2;1-3-9(7-13)19-12(17-2)8-18-11(16)6-4-5-10(14)15;1-3-6(4-8)11-7(5-9)10-2/h18-20,23-24,34-38,40-43,47-51,62H,16-17,21-22,25-33H2,1-15H3,(H,56,63)(H,57,66)(H,58,67);18-21,25,31H,4-17H2,1-3H3,(H,28,35)(H,29,32);9,12-13H,3-8H2,1-2H3,(H,14,15);6-9H,3-5H2,1-2H3/t36-,37?,38+,40?,41-,42-,43+,47?,48-,49-,50-,51+;;;/m0.../s1. The van der Waals surface area contributed by atoms with Gasteiger partial charge in [-0.2, -0.15) is 0 Å². The number of ether oxygens (including phenoxy) is 14. The first-order valence-corrected chi connectivity index (χ1v) is 51.9. The monoisotopic (exact) mass is 2090 g/mol. The van der Waals surface area contributed by atoms with E-state index in [1.165, 1.54) is 59.3 Å². The predicted octanol–water partition coefficient (Wildman–Crippen LogP) is 5.15. The highest BCUT2D eigenvalue weighted by molar-refractivity contribution is 8.00. The summed E-state index contributed by atoms with van der Waals surface area (Å²) in [5.41, 5.74) is 0.771. The number of nitrogens with one attached hydrogen (secondary N) is 5. The Labute approximate surface area is 862 Å². The van der Waals surface area contributed by atoms with Crippen molar-refractivity contribution in [1.82, 2.24) is 46.2 Å². The zero-order valence-electron chi connectivity index (χ0n) is 89.9. The van der Waals surface area contributed by atoms with Gasteiger partial charge in [0.15, 0.2) is 25.2 Å². The van der Waals surface area contributed by atoms with Gasteiger partial charge in [-0.1, -0.05) is 113 Å². The maximum atomic E-state index is 14.5. The number of benzene rings is 1. The summed E-state index contributed by atoms with van der Waals surface area (Å²) in [6.45, 7) is 22.6. The van der Waals surface area contributed by atoms with Crippen molar-refractivity contribution >= 4 is 94.8 Å². The van der Waals surface area contributed by atoms with Gasteiger partial charge in [0, 0.05) is 139 Å². The van der Waals surface area contributed by atoms with Gasteiger partial charge in [0.1, 0.15) is 38.0 Å². The van der Waals surface area contributed by atoms with Crippen molar-refractivity contribution < 1.29 is 164 Å². The Hall–Kier alpha value is -8.29. The van der Waals surface area contributed by atoms with Crippen molar-refractivity contribution in [2.45, 2.75) is 334 Å². The number of aliphatic hydroxyl groups excluding tert-OH is 5. The van der Waals surface area contributed by atoms with E-state index in [9.17, 15) is 77.3 Å². The normalized spacial score (nSPS) is 18.7. The molecule has 4 rings (SSSR count). The molecule has 0 spiro atoms. The average molecular weight is 2090 g/mol. The molecule has 3 fully saturated rings. The number of hydrogen-bond donors (Lipinski definition) is 11. The molecular weight excluding hydrogens is 1920 g/mol. The van der Waals surface area contributed by atoms with E-state index in [1.54, 1.807) is 37.7 Å². The molecule has 0 aromatic heterocycles. The molecule has 11 N–H and O–H groups in total. The molecule has 1 aromatic carbocycles. The molecule has 43 nitrogen and oxygen atoms in total. The van der Waals surface area contributed by atoms with Crippen molar-refractivity contribution in [3.8, 4) is 0 Å². The number of aliphatic carboxylic acids is 1. The summed E-state index contributed by atoms with van der Waals surface area (Å²) < 4.78 is 74.6. The number of esters is 4. The van der Waals surface area contributed by atoms with Crippen molar-refractivity contribution in [3.05, 3.63) is 35.9 Å². The summed E-state index contributed by atoms with van der Waals surface area (Å²) >= 11 is 1.37. The number of carboxylic acids is 1. The van der Waals surface area contributed by atoms with Crippen molar-refractivity contribution in [2.75, 3.05) is 156 Å². The zero-order chi connectivity index (χ0) is 109. The van der Waals surface area contributed by atoms with E-state index >= 15 is 0 Å². The van der Waals surface area contributed by atoms with Crippen LogP contribution >= 0.6 is 11.8 Å². The van der Waals surface area contributed by atoms with E-state index in [0.29, 0.717) is 76.8 Å². The lowest BCUT2D eigenvalue weighted by Gasteiger charge is -2.41. The van der Waals surface area contributed by atoms with Gasteiger partial charge in [-0.05, 0) is 134 Å². The molecule has 0 radical (unpaired) electrons. The predicted molar refractivity (Wildman–Crippen MR) is 537 cm³/mol. The first-order chi connectivity index (χ1) is 69.0. The quantitative estimate of drug-likeness (QED) is 0.0132. The summed E-state index contributed by atoms with van der Waals surface area (Å²) in [6.07, 6.45) is 2.06. The first kappa shape index (κ1) is 135. The van der Waals surface area contributed by atoms with E-state index in [1.807, 2.05) is 119 Å². The minimum Gasteiger partial charge on any atom is -0.481 e. The van der Waals surface area contributed by atoms with E-state index in [0.717, 1.165) is 31.2 Å². The molecule has 2 heterocycles. The van der Waals surface area contributed by atoms with E-state index in [2.05, 4.69) is 26.6 Å². The highest BCUT2D eigenvalue weighted by atomic mass is 32.2. The van der Waals surface area contributed by atoms with E-state index < -0.39 is 133 Å². The summed E-state index contributed by atoms with van der Waals surface area (Å²) in [4.78, 5) is 185. The number of rotatable bonds is 70. The van der Waals surface area contributed by atoms with Gasteiger partial charge >= 0.3 is 29.8 Å². The third-order valence-electron chi connectivity index (χ3n) is 25.3. The largest absolute Gasteiger partial charge is 0.481 e. The second-order valence-corrected chi connectivity index (χ2v) is 38.4. The molecule has 1 aliphatic carbocycles. The first-order valence-electron chi connectivity index (χ1n) is 50.8. The fourth-order valence-electron chi connectivity index (χ4n) is 16.4. The number of amides is 9. The number of hydrogen-bond acceptors (Lipinski definition) is 35. The molecule has 1 aromatic rings. The molecule has 1 saturated carbocycles. The minimum atomic E-state index is -1.11. The van der Waals surface area contributed by atoms with Gasteiger partial charge in [-0.15, -0.1) is 11.8 Å². The molecule has 2 saturated heterocycles. The van der Waals surface area contributed by atoms with Crippen LogP contribution in [0.2, 0.25) is 0 Å². The van der Waals surface area contributed by atoms with Gasteiger partial charge in [0.25, 0.3) is 0 Å². The van der Waals surface area contributed by atoms with Gasteiger partial charge < -0.3 is 133 Å². The molecule has 145 heavy (non-hydrogen) atoms. The fourth-order valence-corrected chi connectivity index (χ4v) is 17.4. The SMILES string of the molecule is CCC(CO)OC(CO)OC.CCC(CO)OC(COC(=O)CCCC(=O)NCC(C)OC(=O)[C@H](Cc1ccccc1)NC(=O)[C@H](C)[C@@H](OC)[C@@H]1CCCN1C(=O)C[C@@H](OC)[C@H]([C@@H](C)CC)N(C)C(=O)[C@@H](NC(=O)[C@H](C(C)C)N(C)C)C(C)C)OC.CCC(CO)OC(COC(=O)CCCC(=O)NCCSC1CC(=O)N(CC2CCC(C(=O)NC)CC2)C1=O)OC.CCC(CO)OC(COC(=O)CCCC(=O)O)OC. The Morgan fingerprint density at radius 2 is 1.03 bits per heavy atom. The molecule has 9 amide bonds. The third kappa shape index (κ3) is 52.6. The Bertz CT molecular complexity index is 3820. The molecule has 0 bridgehead atoms. The number of thioether (sulfide) groups is 1. The maximum Gasteiger partial charge on any atom is 0.329 e. The Kier molecular flexibility index (Phi) is 71.6. The number of methoxy groups -OCH3 is 6. The van der Waals surface area contributed by atoms with Crippen LogP contribution in [0.15, 0.2) is 30.3 Å². The highest BCUT2D eigenvalue weighted by Gasteiger charge is 2.46. The summed E-state index contributed by atoms with van der Waals surface area (Å²) in [6, 6.07) is 5.78. The van der Waals surface area contributed by atoms with Gasteiger partial charge in [-0.3, -0.25) is 72.1 Å². The lowest BCUT2D eigenvalue weighted by molar-refractivity contribution is -0.194. The average Bonchev–Trinajstić information content (AvgIpc) is 1.69. The summed E-state index contributed by atoms with van der Waals surface area (Å²) in [5.74, 6) is -5.62. The van der Waals surface area contributed by atoms with Gasteiger partial charge in [0.05, 0.1) is 112 Å². The number of imide groups is 1. The lowest BCUT2D eigenvalue weighted by Crippen LogP contribution is -2.59. The fraction of sp³-hybridized carbons (Fsp3) is 0.802. The summed E-state index contributed by atoms with van der Waals surface area (Å²) in [7, 11) is 15.7. The van der Waals surface area contributed by atoms with Crippen LogP contribution in [0.25, 0.3) is 0 Å². The van der Waals surface area contributed by atoms with Crippen LogP contribution in [0, 0.1) is 35.5 Å². The van der Waals surface area contributed by atoms with Crippen molar-refractivity contribution in [3.63, 3.8) is 0 Å². The maximum absolute atomic E-state index is 14.5. The lowest BCUT2D eigenvalue weighted by atomic mass is 9.81.